The SMILES string of the molecule is Cc1ccc(N2c3ccccc3Oc3ccccc32)cc1.N/C(=N\C(N)c1ccccc1)c1ccccc1. The van der Waals surface area contributed by atoms with Crippen molar-refractivity contribution in [2.75, 3.05) is 4.90 Å². The van der Waals surface area contributed by atoms with E-state index in [1.165, 1.54) is 5.56 Å². The first-order valence-electron chi connectivity index (χ1n) is 12.5. The summed E-state index contributed by atoms with van der Waals surface area (Å²) in [5.74, 6) is 2.23. The third-order valence-corrected chi connectivity index (χ3v) is 6.21. The summed E-state index contributed by atoms with van der Waals surface area (Å²) in [6, 6.07) is 44.1. The number of ether oxygens (including phenoxy) is 1. The van der Waals surface area contributed by atoms with Crippen molar-refractivity contribution < 1.29 is 4.74 Å². The normalized spacial score (nSPS) is 12.8. The van der Waals surface area contributed by atoms with Crippen LogP contribution in [0, 0.1) is 6.92 Å². The largest absolute Gasteiger partial charge is 0.453 e. The van der Waals surface area contributed by atoms with Gasteiger partial charge in [0.25, 0.3) is 0 Å². The molecule has 0 aromatic heterocycles. The van der Waals surface area contributed by atoms with Gasteiger partial charge in [0.15, 0.2) is 11.5 Å². The van der Waals surface area contributed by atoms with Crippen LogP contribution >= 0.6 is 0 Å². The Bertz CT molecular complexity index is 1470. The lowest BCUT2D eigenvalue weighted by molar-refractivity contribution is 0.477. The minimum atomic E-state index is -0.420. The number of para-hydroxylation sites is 4. The molecule has 5 heteroatoms. The first-order chi connectivity index (χ1) is 18.6. The molecule has 0 aliphatic carbocycles. The van der Waals surface area contributed by atoms with Gasteiger partial charge in [-0.2, -0.15) is 0 Å². The second kappa shape index (κ2) is 11.5. The number of benzene rings is 5. The maximum absolute atomic E-state index is 6.01. The predicted molar refractivity (Wildman–Crippen MR) is 156 cm³/mol. The molecule has 1 unspecified atom stereocenters. The lowest BCUT2D eigenvalue weighted by Gasteiger charge is -2.32. The fourth-order valence-corrected chi connectivity index (χ4v) is 4.23. The van der Waals surface area contributed by atoms with Gasteiger partial charge in [-0.3, -0.25) is 0 Å². The highest BCUT2D eigenvalue weighted by atomic mass is 16.5. The topological polar surface area (TPSA) is 76.9 Å². The summed E-state index contributed by atoms with van der Waals surface area (Å²) in [5.41, 5.74) is 18.2. The number of hydrogen-bond donors (Lipinski definition) is 2. The fourth-order valence-electron chi connectivity index (χ4n) is 4.23. The van der Waals surface area contributed by atoms with Crippen molar-refractivity contribution in [3.05, 3.63) is 150 Å². The van der Waals surface area contributed by atoms with Crippen LogP contribution in [-0.4, -0.2) is 5.84 Å². The maximum atomic E-state index is 6.01. The van der Waals surface area contributed by atoms with Crippen LogP contribution in [0.2, 0.25) is 0 Å². The summed E-state index contributed by atoms with van der Waals surface area (Å²) in [7, 11) is 0. The Labute approximate surface area is 223 Å². The molecule has 1 aliphatic rings. The molecule has 0 saturated heterocycles. The molecule has 0 saturated carbocycles. The molecule has 1 heterocycles. The van der Waals surface area contributed by atoms with E-state index in [1.807, 2.05) is 97.1 Å². The Balaban J connectivity index is 0.000000159. The molecule has 0 amide bonds. The number of anilines is 3. The van der Waals surface area contributed by atoms with Gasteiger partial charge < -0.3 is 21.1 Å². The standard InChI is InChI=1S/C19H15NO.C14H15N3/c1-14-10-12-15(13-11-14)20-16-6-2-4-8-18(16)21-19-9-5-3-7-17(19)20;15-13(11-7-3-1-4-8-11)17-14(16)12-9-5-2-6-10-12/h2-13H,1H3;1-10,13H,15H2,(H2,16,17). The molecule has 1 atom stereocenters. The predicted octanol–water partition coefficient (Wildman–Crippen LogP) is 7.62. The van der Waals surface area contributed by atoms with Crippen LogP contribution < -0.4 is 21.1 Å². The molecular formula is C33H30N4O. The third-order valence-electron chi connectivity index (χ3n) is 6.21. The van der Waals surface area contributed by atoms with Crippen molar-refractivity contribution in [3.8, 4) is 11.5 Å². The molecule has 38 heavy (non-hydrogen) atoms. The van der Waals surface area contributed by atoms with Crippen molar-refractivity contribution in [2.24, 2.45) is 16.5 Å². The number of hydrogen-bond acceptors (Lipinski definition) is 4. The molecule has 5 nitrogen and oxygen atoms in total. The van der Waals surface area contributed by atoms with Gasteiger partial charge in [-0.1, -0.05) is 103 Å². The van der Waals surface area contributed by atoms with Gasteiger partial charge in [0.05, 0.1) is 11.4 Å². The summed E-state index contributed by atoms with van der Waals surface area (Å²) in [5, 5.41) is 0. The first kappa shape index (κ1) is 24.8. The van der Waals surface area contributed by atoms with E-state index in [2.05, 4.69) is 53.2 Å². The second-order valence-electron chi connectivity index (χ2n) is 8.94. The molecule has 188 valence electrons. The van der Waals surface area contributed by atoms with Gasteiger partial charge in [-0.05, 0) is 48.9 Å². The average molecular weight is 499 g/mol. The van der Waals surface area contributed by atoms with Gasteiger partial charge in [0.1, 0.15) is 12.0 Å². The molecule has 0 spiro atoms. The Morgan fingerprint density at radius 3 is 1.74 bits per heavy atom. The minimum Gasteiger partial charge on any atom is -0.453 e. The number of rotatable bonds is 4. The van der Waals surface area contributed by atoms with Crippen LogP contribution in [0.4, 0.5) is 17.1 Å². The smallest absolute Gasteiger partial charge is 0.151 e. The fraction of sp³-hybridized carbons (Fsp3) is 0.0606. The molecule has 0 fully saturated rings. The number of nitrogens with zero attached hydrogens (tertiary/aromatic N) is 2. The molecule has 0 bridgehead atoms. The second-order valence-corrected chi connectivity index (χ2v) is 8.94. The van der Waals surface area contributed by atoms with Crippen molar-refractivity contribution in [3.63, 3.8) is 0 Å². The van der Waals surface area contributed by atoms with Crippen molar-refractivity contribution in [1.82, 2.24) is 0 Å². The number of aryl methyl sites for hydroxylation is 1. The van der Waals surface area contributed by atoms with Crippen molar-refractivity contribution in [2.45, 2.75) is 13.1 Å². The van der Waals surface area contributed by atoms with E-state index in [0.29, 0.717) is 5.84 Å². The number of aliphatic imine (C=N–C) groups is 1. The summed E-state index contributed by atoms with van der Waals surface area (Å²) in [6.45, 7) is 2.10. The van der Waals surface area contributed by atoms with Gasteiger partial charge in [-0.15, -0.1) is 0 Å². The molecule has 5 aromatic carbocycles. The summed E-state index contributed by atoms with van der Waals surface area (Å²) >= 11 is 0. The average Bonchev–Trinajstić information content (AvgIpc) is 2.97. The van der Waals surface area contributed by atoms with Gasteiger partial charge in [0, 0.05) is 11.3 Å². The Kier molecular flexibility index (Phi) is 7.48. The highest BCUT2D eigenvalue weighted by molar-refractivity contribution is 5.97. The summed E-state index contributed by atoms with van der Waals surface area (Å²) in [4.78, 5) is 6.53. The number of nitrogens with two attached hydrogens (primary N) is 2. The monoisotopic (exact) mass is 498 g/mol. The van der Waals surface area contributed by atoms with Crippen LogP contribution in [0.5, 0.6) is 11.5 Å². The Hall–Kier alpha value is -4.87. The van der Waals surface area contributed by atoms with Gasteiger partial charge >= 0.3 is 0 Å². The number of amidine groups is 1. The van der Waals surface area contributed by atoms with Crippen LogP contribution in [0.25, 0.3) is 0 Å². The Morgan fingerprint density at radius 2 is 1.16 bits per heavy atom. The molecule has 6 rings (SSSR count). The molecule has 1 aliphatic heterocycles. The molecule has 0 radical (unpaired) electrons. The zero-order valence-electron chi connectivity index (χ0n) is 21.2. The van der Waals surface area contributed by atoms with E-state index in [9.17, 15) is 0 Å². The van der Waals surface area contributed by atoms with Crippen molar-refractivity contribution >= 4 is 22.9 Å². The lowest BCUT2D eigenvalue weighted by atomic mass is 10.1. The number of fused-ring (bicyclic) bond motifs is 2. The van der Waals surface area contributed by atoms with Gasteiger partial charge in [0.2, 0.25) is 0 Å². The van der Waals surface area contributed by atoms with E-state index in [-0.39, 0.29) is 0 Å². The van der Waals surface area contributed by atoms with Crippen molar-refractivity contribution in [1.29, 1.82) is 0 Å². The quantitative estimate of drug-likeness (QED) is 0.194. The third kappa shape index (κ3) is 5.59. The first-order valence-corrected chi connectivity index (χ1v) is 12.5. The summed E-state index contributed by atoms with van der Waals surface area (Å²) in [6.07, 6.45) is -0.420. The van der Waals surface area contributed by atoms with Crippen LogP contribution in [0.1, 0.15) is 22.9 Å². The van der Waals surface area contributed by atoms with Crippen LogP contribution in [0.15, 0.2) is 138 Å². The highest BCUT2D eigenvalue weighted by Gasteiger charge is 2.24. The van der Waals surface area contributed by atoms with Crippen LogP contribution in [0.3, 0.4) is 0 Å². The van der Waals surface area contributed by atoms with Gasteiger partial charge in [-0.25, -0.2) is 4.99 Å². The summed E-state index contributed by atoms with van der Waals surface area (Å²) < 4.78 is 6.01. The molecule has 5 aromatic rings. The van der Waals surface area contributed by atoms with E-state index in [0.717, 1.165) is 39.7 Å². The maximum Gasteiger partial charge on any atom is 0.151 e. The molecular weight excluding hydrogens is 468 g/mol. The minimum absolute atomic E-state index is 0.420. The van der Waals surface area contributed by atoms with E-state index < -0.39 is 6.17 Å². The zero-order chi connectivity index (χ0) is 26.3. The lowest BCUT2D eigenvalue weighted by Crippen LogP contribution is -2.18. The Morgan fingerprint density at radius 1 is 0.658 bits per heavy atom. The van der Waals surface area contributed by atoms with Crippen LogP contribution in [-0.2, 0) is 0 Å². The molecule has 4 N–H and O–H groups in total. The van der Waals surface area contributed by atoms with E-state index in [4.69, 9.17) is 16.2 Å². The zero-order valence-corrected chi connectivity index (χ0v) is 21.2. The highest BCUT2D eigenvalue weighted by Crippen LogP contribution is 2.49. The van der Waals surface area contributed by atoms with E-state index >= 15 is 0 Å². The van der Waals surface area contributed by atoms with E-state index in [1.54, 1.807) is 0 Å².